The van der Waals surface area contributed by atoms with E-state index < -0.39 is 4.92 Å². The summed E-state index contributed by atoms with van der Waals surface area (Å²) in [5.41, 5.74) is 0.608. The molecule has 0 radical (unpaired) electrons. The lowest BCUT2D eigenvalue weighted by Gasteiger charge is -2.21. The molecule has 1 heterocycles. The lowest BCUT2D eigenvalue weighted by atomic mass is 9.96. The summed E-state index contributed by atoms with van der Waals surface area (Å²) in [6.45, 7) is 2.17. The highest BCUT2D eigenvalue weighted by Crippen LogP contribution is 2.30. The summed E-state index contributed by atoms with van der Waals surface area (Å²) in [5, 5.41) is 14.5. The van der Waals surface area contributed by atoms with Crippen LogP contribution < -0.4 is 5.32 Å². The maximum atomic E-state index is 12.6. The van der Waals surface area contributed by atoms with E-state index in [1.165, 1.54) is 18.8 Å². The molecule has 0 aliphatic heterocycles. The number of unbranched alkanes of at least 4 members (excludes halogenated alkanes) is 1. The highest BCUT2D eigenvalue weighted by atomic mass is 16.6. The Balaban J connectivity index is 1.77. The minimum Gasteiger partial charge on any atom is -0.349 e. The lowest BCUT2D eigenvalue weighted by Crippen LogP contribution is -2.37. The van der Waals surface area contributed by atoms with Gasteiger partial charge in [-0.3, -0.25) is 14.9 Å². The molecule has 2 atom stereocenters. The fourth-order valence-electron chi connectivity index (χ4n) is 3.72. The van der Waals surface area contributed by atoms with E-state index in [9.17, 15) is 14.9 Å². The number of rotatable bonds is 7. The van der Waals surface area contributed by atoms with Gasteiger partial charge in [-0.25, -0.2) is 4.98 Å². The Bertz CT molecular complexity index is 773. The summed E-state index contributed by atoms with van der Waals surface area (Å²) in [5.74, 6) is 0.276. The first kappa shape index (κ1) is 18.1. The van der Waals surface area contributed by atoms with Crippen LogP contribution in [-0.2, 0) is 0 Å². The molecule has 26 heavy (non-hydrogen) atoms. The van der Waals surface area contributed by atoms with E-state index in [0.717, 1.165) is 32.1 Å². The molecule has 1 aromatic carbocycles. The van der Waals surface area contributed by atoms with E-state index in [0.29, 0.717) is 17.2 Å². The molecule has 1 N–H and O–H groups in total. The van der Waals surface area contributed by atoms with Gasteiger partial charge in [0.25, 0.3) is 11.6 Å². The molecule has 0 bridgehead atoms. The number of nitro benzene ring substituents is 1. The molecule has 1 aromatic heterocycles. The third-order valence-corrected chi connectivity index (χ3v) is 5.12. The number of imidazole rings is 1. The van der Waals surface area contributed by atoms with Gasteiger partial charge in [0.2, 0.25) is 0 Å². The van der Waals surface area contributed by atoms with Crippen molar-refractivity contribution in [1.82, 2.24) is 14.9 Å². The van der Waals surface area contributed by atoms with Crippen molar-refractivity contribution in [3.8, 4) is 5.69 Å². The molecule has 1 amide bonds. The Hall–Kier alpha value is -2.70. The zero-order valence-corrected chi connectivity index (χ0v) is 14.9. The van der Waals surface area contributed by atoms with Gasteiger partial charge in [0.1, 0.15) is 5.69 Å². The SMILES string of the molecule is CCCCC1CCCC1NC(=O)c1ccc(-n2ccnc2)c([N+](=O)[O-])c1. The van der Waals surface area contributed by atoms with E-state index in [4.69, 9.17) is 0 Å². The predicted octanol–water partition coefficient (Wildman–Crippen LogP) is 3.87. The van der Waals surface area contributed by atoms with Gasteiger partial charge < -0.3 is 9.88 Å². The van der Waals surface area contributed by atoms with Crippen LogP contribution in [0, 0.1) is 16.0 Å². The quantitative estimate of drug-likeness (QED) is 0.602. The Morgan fingerprint density at radius 1 is 1.42 bits per heavy atom. The van der Waals surface area contributed by atoms with E-state index in [2.05, 4.69) is 17.2 Å². The monoisotopic (exact) mass is 356 g/mol. The van der Waals surface area contributed by atoms with Crippen molar-refractivity contribution in [2.75, 3.05) is 0 Å². The molecule has 1 aliphatic carbocycles. The van der Waals surface area contributed by atoms with E-state index >= 15 is 0 Å². The Kier molecular flexibility index (Phi) is 5.65. The van der Waals surface area contributed by atoms with Gasteiger partial charge in [-0.05, 0) is 37.3 Å². The number of aromatic nitrogens is 2. The first-order valence-electron chi connectivity index (χ1n) is 9.17. The van der Waals surface area contributed by atoms with Crippen LogP contribution in [0.3, 0.4) is 0 Å². The maximum absolute atomic E-state index is 12.6. The largest absolute Gasteiger partial charge is 0.349 e. The van der Waals surface area contributed by atoms with Crippen LogP contribution in [0.15, 0.2) is 36.9 Å². The van der Waals surface area contributed by atoms with Crippen molar-refractivity contribution in [2.24, 2.45) is 5.92 Å². The van der Waals surface area contributed by atoms with E-state index in [-0.39, 0.29) is 17.6 Å². The summed E-state index contributed by atoms with van der Waals surface area (Å²) in [6, 6.07) is 4.74. The number of nitrogens with zero attached hydrogens (tertiary/aromatic N) is 3. The van der Waals surface area contributed by atoms with Gasteiger partial charge in [0.05, 0.1) is 11.3 Å². The standard InChI is InChI=1S/C19H24N4O3/c1-2-3-5-14-6-4-7-16(14)21-19(24)15-8-9-17(18(12-15)23(25)26)22-11-10-20-13-22/h8-14,16H,2-7H2,1H3,(H,21,24). The van der Waals surface area contributed by atoms with Gasteiger partial charge in [-0.2, -0.15) is 0 Å². The zero-order valence-electron chi connectivity index (χ0n) is 14.9. The molecule has 1 fully saturated rings. The third-order valence-electron chi connectivity index (χ3n) is 5.12. The summed E-state index contributed by atoms with van der Waals surface area (Å²) in [4.78, 5) is 27.5. The number of nitrogens with one attached hydrogen (secondary N) is 1. The molecule has 1 saturated carbocycles. The van der Waals surface area contributed by atoms with Crippen LogP contribution in [0.4, 0.5) is 5.69 Å². The second kappa shape index (κ2) is 8.12. The number of hydrogen-bond donors (Lipinski definition) is 1. The van der Waals surface area contributed by atoms with Crippen molar-refractivity contribution < 1.29 is 9.72 Å². The van der Waals surface area contributed by atoms with Crippen LogP contribution in [0.25, 0.3) is 5.69 Å². The summed E-state index contributed by atoms with van der Waals surface area (Å²) in [7, 11) is 0. The molecule has 0 saturated heterocycles. The van der Waals surface area contributed by atoms with Crippen LogP contribution in [0.5, 0.6) is 0 Å². The summed E-state index contributed by atoms with van der Waals surface area (Å²) in [6.07, 6.45) is 11.4. The number of amides is 1. The van der Waals surface area contributed by atoms with Crippen molar-refractivity contribution in [1.29, 1.82) is 0 Å². The Morgan fingerprint density at radius 3 is 2.96 bits per heavy atom. The van der Waals surface area contributed by atoms with Gasteiger partial charge in [0.15, 0.2) is 0 Å². The molecule has 0 spiro atoms. The van der Waals surface area contributed by atoms with Gasteiger partial charge in [0, 0.05) is 30.1 Å². The molecule has 7 nitrogen and oxygen atoms in total. The highest BCUT2D eigenvalue weighted by molar-refractivity contribution is 5.95. The van der Waals surface area contributed by atoms with Crippen molar-refractivity contribution in [3.63, 3.8) is 0 Å². The minimum atomic E-state index is -0.467. The number of carbonyl (C=O) groups excluding carboxylic acids is 1. The van der Waals surface area contributed by atoms with E-state index in [1.54, 1.807) is 29.1 Å². The second-order valence-electron chi connectivity index (χ2n) is 6.84. The molecule has 138 valence electrons. The average molecular weight is 356 g/mol. The molecular weight excluding hydrogens is 332 g/mol. The van der Waals surface area contributed by atoms with E-state index in [1.807, 2.05) is 0 Å². The first-order valence-corrected chi connectivity index (χ1v) is 9.17. The van der Waals surface area contributed by atoms with Crippen LogP contribution in [0.2, 0.25) is 0 Å². The molecule has 2 aromatic rings. The van der Waals surface area contributed by atoms with Gasteiger partial charge >= 0.3 is 0 Å². The van der Waals surface area contributed by atoms with Crippen molar-refractivity contribution >= 4 is 11.6 Å². The Morgan fingerprint density at radius 2 is 2.27 bits per heavy atom. The maximum Gasteiger partial charge on any atom is 0.294 e. The molecule has 1 aliphatic rings. The Labute approximate surface area is 152 Å². The number of benzene rings is 1. The lowest BCUT2D eigenvalue weighted by molar-refractivity contribution is -0.384. The van der Waals surface area contributed by atoms with Gasteiger partial charge in [-0.1, -0.05) is 26.2 Å². The number of hydrogen-bond acceptors (Lipinski definition) is 4. The second-order valence-corrected chi connectivity index (χ2v) is 6.84. The smallest absolute Gasteiger partial charge is 0.294 e. The number of carbonyl (C=O) groups is 1. The summed E-state index contributed by atoms with van der Waals surface area (Å²) >= 11 is 0. The topological polar surface area (TPSA) is 90.1 Å². The minimum absolute atomic E-state index is 0.107. The van der Waals surface area contributed by atoms with Crippen molar-refractivity contribution in [3.05, 3.63) is 52.6 Å². The van der Waals surface area contributed by atoms with Gasteiger partial charge in [-0.15, -0.1) is 0 Å². The normalized spacial score (nSPS) is 19.4. The summed E-state index contributed by atoms with van der Waals surface area (Å²) < 4.78 is 1.57. The first-order chi connectivity index (χ1) is 12.6. The fourth-order valence-corrected chi connectivity index (χ4v) is 3.72. The molecule has 2 unspecified atom stereocenters. The molecule has 7 heteroatoms. The fraction of sp³-hybridized carbons (Fsp3) is 0.474. The third kappa shape index (κ3) is 3.92. The van der Waals surface area contributed by atoms with Crippen LogP contribution >= 0.6 is 0 Å². The van der Waals surface area contributed by atoms with Crippen LogP contribution in [0.1, 0.15) is 55.8 Å². The van der Waals surface area contributed by atoms with Crippen LogP contribution in [-0.4, -0.2) is 26.4 Å². The number of nitro groups is 1. The predicted molar refractivity (Wildman–Crippen MR) is 98.3 cm³/mol. The zero-order chi connectivity index (χ0) is 18.5. The molecule has 3 rings (SSSR count). The molecular formula is C19H24N4O3. The highest BCUT2D eigenvalue weighted by Gasteiger charge is 2.29. The van der Waals surface area contributed by atoms with Crippen molar-refractivity contribution in [2.45, 2.75) is 51.5 Å². The average Bonchev–Trinajstić information content (AvgIpc) is 3.31.